The Hall–Kier alpha value is -1.77. The molecule has 2 saturated heterocycles. The average Bonchev–Trinajstić information content (AvgIpc) is 3.05. The molecule has 0 bridgehead atoms. The quantitative estimate of drug-likeness (QED) is 0.346. The number of ketones is 1. The Morgan fingerprint density at radius 1 is 0.923 bits per heavy atom. The number of hydrogen-bond acceptors (Lipinski definition) is 4. The van der Waals surface area contributed by atoms with Crippen molar-refractivity contribution in [1.82, 2.24) is 14.8 Å². The maximum Gasteiger partial charge on any atom is 0.230 e. The molecule has 0 radical (unpaired) electrons. The van der Waals surface area contributed by atoms with Gasteiger partial charge in [-0.05, 0) is 108 Å². The van der Waals surface area contributed by atoms with E-state index in [-0.39, 0.29) is 29.9 Å². The molecule has 1 aliphatic carbocycles. The van der Waals surface area contributed by atoms with Gasteiger partial charge in [-0.1, -0.05) is 27.5 Å². The molecular formula is C30H34Br2ClN3O3. The molecule has 2 aliphatic heterocycles. The molecule has 2 amide bonds. The number of amides is 2. The van der Waals surface area contributed by atoms with E-state index in [9.17, 15) is 14.4 Å². The van der Waals surface area contributed by atoms with Crippen LogP contribution in [0.25, 0.3) is 0 Å². The molecule has 39 heavy (non-hydrogen) atoms. The number of aromatic nitrogens is 1. The number of carbonyl (C=O) groups excluding carboxylic acids is 3. The van der Waals surface area contributed by atoms with Gasteiger partial charge in [-0.2, -0.15) is 0 Å². The summed E-state index contributed by atoms with van der Waals surface area (Å²) in [4.78, 5) is 45.5. The second-order valence-corrected chi connectivity index (χ2v) is 13.5. The first-order chi connectivity index (χ1) is 18.7. The van der Waals surface area contributed by atoms with Gasteiger partial charge in [0.15, 0.2) is 0 Å². The summed E-state index contributed by atoms with van der Waals surface area (Å²) in [5, 5.41) is 0.744. The minimum atomic E-state index is -0.101. The lowest BCUT2D eigenvalue weighted by atomic mass is 9.76. The van der Waals surface area contributed by atoms with Crippen molar-refractivity contribution in [2.75, 3.05) is 26.2 Å². The van der Waals surface area contributed by atoms with Gasteiger partial charge in [-0.3, -0.25) is 19.4 Å². The molecule has 9 heteroatoms. The molecule has 0 saturated carbocycles. The number of benzene rings is 1. The Kier molecular flexibility index (Phi) is 9.14. The van der Waals surface area contributed by atoms with E-state index >= 15 is 0 Å². The van der Waals surface area contributed by atoms with Gasteiger partial charge >= 0.3 is 0 Å². The largest absolute Gasteiger partial charge is 0.343 e. The highest BCUT2D eigenvalue weighted by Crippen LogP contribution is 2.46. The molecule has 6 nitrogen and oxygen atoms in total. The molecule has 0 N–H and O–H groups in total. The molecular weight excluding hydrogens is 646 g/mol. The topological polar surface area (TPSA) is 70.6 Å². The number of carbonyl (C=O) groups is 3. The molecule has 0 spiro atoms. The maximum atomic E-state index is 13.3. The standard InChI is InChI=1S/C30H34Br2ClN3O3/c1-18(37)12-26(38)35-8-4-19(5-9-35)13-27(39)36-10-6-20(7-11-36)29-28-21(15-24(33)16-25(28)32)2-3-22-14-23(31)17-34-30(22)29/h14-17,19-20,29H,2-13H2,1H3/t29-/m1/s1. The van der Waals surface area contributed by atoms with E-state index in [0.29, 0.717) is 31.3 Å². The Morgan fingerprint density at radius 2 is 1.56 bits per heavy atom. The van der Waals surface area contributed by atoms with E-state index in [1.54, 1.807) is 4.90 Å². The molecule has 2 fully saturated rings. The first-order valence-electron chi connectivity index (χ1n) is 13.9. The zero-order chi connectivity index (χ0) is 27.7. The summed E-state index contributed by atoms with van der Waals surface area (Å²) in [5.41, 5.74) is 5.00. The van der Waals surface area contributed by atoms with E-state index in [0.717, 1.165) is 71.3 Å². The minimum Gasteiger partial charge on any atom is -0.343 e. The van der Waals surface area contributed by atoms with Crippen LogP contribution in [-0.4, -0.2) is 58.6 Å². The predicted molar refractivity (Wildman–Crippen MR) is 159 cm³/mol. The van der Waals surface area contributed by atoms with Gasteiger partial charge in [-0.25, -0.2) is 0 Å². The maximum absolute atomic E-state index is 13.3. The van der Waals surface area contributed by atoms with Crippen molar-refractivity contribution in [3.63, 3.8) is 0 Å². The van der Waals surface area contributed by atoms with Crippen LogP contribution in [0.3, 0.4) is 0 Å². The average molecular weight is 680 g/mol. The number of rotatable bonds is 5. The number of fused-ring (bicyclic) bond motifs is 2. The number of aryl methyl sites for hydroxylation is 2. The summed E-state index contributed by atoms with van der Waals surface area (Å²) in [6, 6.07) is 6.30. The summed E-state index contributed by atoms with van der Waals surface area (Å²) in [5.74, 6) is 0.861. The fraction of sp³-hybridized carbons (Fsp3) is 0.533. The van der Waals surface area contributed by atoms with E-state index in [4.69, 9.17) is 16.6 Å². The van der Waals surface area contributed by atoms with Crippen LogP contribution in [-0.2, 0) is 27.2 Å². The Morgan fingerprint density at radius 3 is 2.26 bits per heavy atom. The Labute approximate surface area is 252 Å². The van der Waals surface area contributed by atoms with Crippen molar-refractivity contribution in [2.24, 2.45) is 11.8 Å². The van der Waals surface area contributed by atoms with E-state index < -0.39 is 0 Å². The van der Waals surface area contributed by atoms with Gasteiger partial charge < -0.3 is 9.80 Å². The van der Waals surface area contributed by atoms with Crippen LogP contribution in [0, 0.1) is 11.8 Å². The van der Waals surface area contributed by atoms with E-state index in [1.165, 1.54) is 23.6 Å². The highest BCUT2D eigenvalue weighted by atomic mass is 79.9. The van der Waals surface area contributed by atoms with Gasteiger partial charge in [0, 0.05) is 58.7 Å². The van der Waals surface area contributed by atoms with Crippen LogP contribution in [0.4, 0.5) is 0 Å². The SMILES string of the molecule is CC(=O)CC(=O)N1CCC(CC(=O)N2CCC([C@H]3c4ncc(Br)cc4CCc4cc(Cl)cc(Br)c43)CC2)CC1. The van der Waals surface area contributed by atoms with Crippen LogP contribution >= 0.6 is 43.5 Å². The molecule has 1 aromatic heterocycles. The predicted octanol–water partition coefficient (Wildman–Crippen LogP) is 6.34. The van der Waals surface area contributed by atoms with Crippen molar-refractivity contribution in [2.45, 2.75) is 64.2 Å². The van der Waals surface area contributed by atoms with Gasteiger partial charge in [0.25, 0.3) is 0 Å². The molecule has 1 atom stereocenters. The Balaban J connectivity index is 1.24. The molecule has 5 rings (SSSR count). The van der Waals surface area contributed by atoms with Crippen LogP contribution in [0.2, 0.25) is 5.02 Å². The van der Waals surface area contributed by atoms with Crippen LogP contribution in [0.1, 0.15) is 73.8 Å². The lowest BCUT2D eigenvalue weighted by Gasteiger charge is -2.38. The highest BCUT2D eigenvalue weighted by molar-refractivity contribution is 9.10. The number of halogens is 3. The second kappa shape index (κ2) is 12.4. The molecule has 0 unspecified atom stereocenters. The monoisotopic (exact) mass is 677 g/mol. The third-order valence-corrected chi connectivity index (χ3v) is 9.92. The van der Waals surface area contributed by atoms with Crippen molar-refractivity contribution in [3.8, 4) is 0 Å². The second-order valence-electron chi connectivity index (χ2n) is 11.3. The zero-order valence-electron chi connectivity index (χ0n) is 22.2. The van der Waals surface area contributed by atoms with Crippen molar-refractivity contribution in [1.29, 1.82) is 0 Å². The minimum absolute atomic E-state index is 0.0229. The van der Waals surface area contributed by atoms with Crippen LogP contribution < -0.4 is 0 Å². The van der Waals surface area contributed by atoms with Crippen molar-refractivity contribution < 1.29 is 14.4 Å². The lowest BCUT2D eigenvalue weighted by Crippen LogP contribution is -2.43. The first-order valence-corrected chi connectivity index (χ1v) is 15.8. The zero-order valence-corrected chi connectivity index (χ0v) is 26.2. The van der Waals surface area contributed by atoms with Crippen molar-refractivity contribution in [3.05, 3.63) is 60.7 Å². The summed E-state index contributed by atoms with van der Waals surface area (Å²) in [7, 11) is 0. The van der Waals surface area contributed by atoms with Gasteiger partial charge in [0.1, 0.15) is 5.78 Å². The summed E-state index contributed by atoms with van der Waals surface area (Å²) in [6.07, 6.45) is 7.76. The summed E-state index contributed by atoms with van der Waals surface area (Å²) < 4.78 is 2.04. The number of pyridine rings is 1. The van der Waals surface area contributed by atoms with E-state index in [1.807, 2.05) is 17.2 Å². The normalized spacial score (nSPS) is 20.3. The number of hydrogen-bond donors (Lipinski definition) is 0. The summed E-state index contributed by atoms with van der Waals surface area (Å²) >= 11 is 13.9. The first kappa shape index (κ1) is 28.7. The molecule has 1 aromatic carbocycles. The number of piperidine rings is 2. The van der Waals surface area contributed by atoms with Crippen LogP contribution in [0.5, 0.6) is 0 Å². The van der Waals surface area contributed by atoms with Gasteiger partial charge in [0.2, 0.25) is 11.8 Å². The fourth-order valence-corrected chi connectivity index (χ4v) is 8.10. The van der Waals surface area contributed by atoms with E-state index in [2.05, 4.69) is 44.0 Å². The molecule has 208 valence electrons. The third-order valence-electron chi connectivity index (χ3n) is 8.61. The summed E-state index contributed by atoms with van der Waals surface area (Å²) in [6.45, 7) is 4.22. The fourth-order valence-electron chi connectivity index (χ4n) is 6.60. The van der Waals surface area contributed by atoms with Crippen molar-refractivity contribution >= 4 is 61.1 Å². The van der Waals surface area contributed by atoms with Gasteiger partial charge in [0.05, 0.1) is 12.1 Å². The molecule has 3 heterocycles. The number of nitrogens with zero attached hydrogens (tertiary/aromatic N) is 3. The number of likely N-dealkylation sites (tertiary alicyclic amines) is 2. The molecule has 2 aromatic rings. The highest BCUT2D eigenvalue weighted by Gasteiger charge is 2.37. The molecule has 3 aliphatic rings. The van der Waals surface area contributed by atoms with Crippen LogP contribution in [0.15, 0.2) is 33.3 Å². The Bertz CT molecular complexity index is 1270. The smallest absolute Gasteiger partial charge is 0.230 e. The van der Waals surface area contributed by atoms with Gasteiger partial charge in [-0.15, -0.1) is 0 Å². The lowest BCUT2D eigenvalue weighted by molar-refractivity contribution is -0.136. The number of Topliss-reactive ketones (excluding diaryl/α,β-unsaturated/α-hetero) is 1. The third kappa shape index (κ3) is 6.59.